The molecule has 0 radical (unpaired) electrons. The molecular weight excluding hydrogens is 451 g/mol. The molecule has 0 aliphatic carbocycles. The minimum atomic E-state index is -4.30. The summed E-state index contributed by atoms with van der Waals surface area (Å²) in [6.45, 7) is 1.79. The summed E-state index contributed by atoms with van der Waals surface area (Å²) in [5.74, 6) is -1.98. The Morgan fingerprint density at radius 3 is 2.27 bits per heavy atom. The number of halogens is 4. The van der Waals surface area contributed by atoms with Crippen LogP contribution in [0.2, 0.25) is 10.0 Å². The monoisotopic (exact) mass is 463 g/mol. The molecule has 0 unspecified atom stereocenters. The Bertz CT molecular complexity index is 1400. The molecule has 0 spiro atoms. The summed E-state index contributed by atoms with van der Waals surface area (Å²) in [6, 6.07) is 12.2. The summed E-state index contributed by atoms with van der Waals surface area (Å²) >= 11 is 12.2. The molecule has 0 saturated heterocycles. The first-order chi connectivity index (χ1) is 14.2. The van der Waals surface area contributed by atoms with Gasteiger partial charge >= 0.3 is 0 Å². The third kappa shape index (κ3) is 3.67. The molecule has 0 aliphatic rings. The largest absolute Gasteiger partial charge is 0.255 e. The molecule has 1 heterocycles. The minimum absolute atomic E-state index is 0.177. The number of rotatable bonds is 3. The van der Waals surface area contributed by atoms with Gasteiger partial charge in [-0.15, -0.1) is 0 Å². The van der Waals surface area contributed by atoms with Gasteiger partial charge in [0.25, 0.3) is 0 Å². The molecule has 3 aromatic carbocycles. The zero-order chi connectivity index (χ0) is 21.6. The van der Waals surface area contributed by atoms with Crippen LogP contribution in [0.1, 0.15) is 5.56 Å². The molecule has 4 rings (SSSR count). The van der Waals surface area contributed by atoms with Crippen molar-refractivity contribution in [1.29, 1.82) is 0 Å². The third-order valence-corrected chi connectivity index (χ3v) is 7.08. The fourth-order valence-corrected chi connectivity index (χ4v) is 5.02. The molecule has 30 heavy (non-hydrogen) atoms. The summed E-state index contributed by atoms with van der Waals surface area (Å²) in [4.78, 5) is 3.55. The lowest BCUT2D eigenvalue weighted by Crippen LogP contribution is -2.07. The summed E-state index contributed by atoms with van der Waals surface area (Å²) in [6.07, 6.45) is 1.18. The number of benzene rings is 3. The Kier molecular flexibility index (Phi) is 5.26. The van der Waals surface area contributed by atoms with Gasteiger partial charge in [-0.3, -0.25) is 4.98 Å². The maximum atomic E-state index is 13.7. The Morgan fingerprint density at radius 1 is 0.900 bits per heavy atom. The van der Waals surface area contributed by atoms with Crippen LogP contribution in [0.4, 0.5) is 8.78 Å². The van der Waals surface area contributed by atoms with Crippen LogP contribution in [0, 0.1) is 18.6 Å². The molecule has 0 saturated carbocycles. The third-order valence-electron chi connectivity index (χ3n) is 4.68. The fourth-order valence-electron chi connectivity index (χ4n) is 3.26. The Balaban J connectivity index is 2.09. The van der Waals surface area contributed by atoms with Crippen molar-refractivity contribution in [2.24, 2.45) is 0 Å². The lowest BCUT2D eigenvalue weighted by atomic mass is 10.00. The predicted octanol–water partition coefficient (Wildman–Crippen LogP) is 6.63. The summed E-state index contributed by atoms with van der Waals surface area (Å²) < 4.78 is 54.2. The van der Waals surface area contributed by atoms with Crippen LogP contribution in [0.25, 0.3) is 22.0 Å². The molecular formula is C22H13Cl2F2NO2S. The second kappa shape index (κ2) is 7.61. The number of nitrogens with zero attached hydrogens (tertiary/aromatic N) is 1. The van der Waals surface area contributed by atoms with E-state index >= 15 is 0 Å². The van der Waals surface area contributed by atoms with Crippen molar-refractivity contribution in [3.8, 4) is 11.1 Å². The van der Waals surface area contributed by atoms with Gasteiger partial charge in [-0.1, -0.05) is 35.3 Å². The normalized spacial score (nSPS) is 11.8. The van der Waals surface area contributed by atoms with Crippen LogP contribution in [-0.4, -0.2) is 13.4 Å². The van der Waals surface area contributed by atoms with E-state index in [1.165, 1.54) is 6.20 Å². The molecule has 0 bridgehead atoms. The summed E-state index contributed by atoms with van der Waals surface area (Å²) in [7, 11) is -4.30. The van der Waals surface area contributed by atoms with Crippen molar-refractivity contribution < 1.29 is 17.2 Å². The number of hydrogen-bond acceptors (Lipinski definition) is 3. The highest BCUT2D eigenvalue weighted by molar-refractivity contribution is 7.91. The highest BCUT2D eigenvalue weighted by Crippen LogP contribution is 2.38. The molecule has 152 valence electrons. The van der Waals surface area contributed by atoms with E-state index in [0.29, 0.717) is 38.1 Å². The lowest BCUT2D eigenvalue weighted by Gasteiger charge is -2.15. The first-order valence-electron chi connectivity index (χ1n) is 8.73. The Morgan fingerprint density at radius 2 is 1.60 bits per heavy atom. The number of aryl methyl sites for hydroxylation is 1. The molecule has 0 fully saturated rings. The van der Waals surface area contributed by atoms with Gasteiger partial charge < -0.3 is 0 Å². The molecule has 0 amide bonds. The smallest absolute Gasteiger partial charge is 0.208 e. The first-order valence-corrected chi connectivity index (χ1v) is 11.0. The van der Waals surface area contributed by atoms with Gasteiger partial charge in [0.1, 0.15) is 11.6 Å². The first kappa shape index (κ1) is 20.7. The average Bonchev–Trinajstić information content (AvgIpc) is 2.68. The van der Waals surface area contributed by atoms with Gasteiger partial charge in [-0.25, -0.2) is 17.2 Å². The predicted molar refractivity (Wildman–Crippen MR) is 114 cm³/mol. The molecule has 8 heteroatoms. The number of hydrogen-bond donors (Lipinski definition) is 0. The lowest BCUT2D eigenvalue weighted by molar-refractivity contribution is 0.567. The minimum Gasteiger partial charge on any atom is -0.255 e. The Labute approximate surface area is 181 Å². The van der Waals surface area contributed by atoms with Crippen molar-refractivity contribution >= 4 is 43.9 Å². The average molecular weight is 464 g/mol. The zero-order valence-corrected chi connectivity index (χ0v) is 17.8. The van der Waals surface area contributed by atoms with Gasteiger partial charge in [-0.05, 0) is 54.4 Å². The highest BCUT2D eigenvalue weighted by atomic mass is 35.5. The van der Waals surface area contributed by atoms with Crippen LogP contribution in [0.15, 0.2) is 70.6 Å². The zero-order valence-electron chi connectivity index (χ0n) is 15.5. The van der Waals surface area contributed by atoms with Crippen molar-refractivity contribution in [3.05, 3.63) is 88.0 Å². The van der Waals surface area contributed by atoms with Crippen LogP contribution in [0.5, 0.6) is 0 Å². The summed E-state index contributed by atoms with van der Waals surface area (Å²) in [5.41, 5.74) is 2.14. The van der Waals surface area contributed by atoms with Gasteiger partial charge in [-0.2, -0.15) is 0 Å². The van der Waals surface area contributed by atoms with Crippen LogP contribution < -0.4 is 0 Å². The standard InChI is InChI=1S/C22H13Cl2F2NO2S/c1-12-6-13(2-5-19(12)24)22-18-4-3-14(23)7-20(18)27-11-21(22)30(28,29)17-9-15(25)8-16(26)10-17/h2-11H,1H3. The van der Waals surface area contributed by atoms with E-state index in [9.17, 15) is 17.2 Å². The van der Waals surface area contributed by atoms with E-state index in [1.807, 2.05) is 0 Å². The van der Waals surface area contributed by atoms with Crippen LogP contribution in [-0.2, 0) is 9.84 Å². The van der Waals surface area contributed by atoms with Crippen molar-refractivity contribution in [3.63, 3.8) is 0 Å². The van der Waals surface area contributed by atoms with Crippen molar-refractivity contribution in [2.45, 2.75) is 16.7 Å². The van der Waals surface area contributed by atoms with Gasteiger partial charge in [0, 0.05) is 33.3 Å². The van der Waals surface area contributed by atoms with Gasteiger partial charge in [0.05, 0.1) is 15.3 Å². The second-order valence-electron chi connectivity index (χ2n) is 6.73. The van der Waals surface area contributed by atoms with E-state index in [-0.39, 0.29) is 4.90 Å². The Hall–Kier alpha value is -2.54. The molecule has 0 atom stereocenters. The highest BCUT2D eigenvalue weighted by Gasteiger charge is 2.26. The van der Waals surface area contributed by atoms with E-state index in [1.54, 1.807) is 43.3 Å². The van der Waals surface area contributed by atoms with Crippen molar-refractivity contribution in [1.82, 2.24) is 4.98 Å². The molecule has 0 N–H and O–H groups in total. The van der Waals surface area contributed by atoms with E-state index in [4.69, 9.17) is 23.2 Å². The van der Waals surface area contributed by atoms with E-state index in [2.05, 4.69) is 4.98 Å². The van der Waals surface area contributed by atoms with Crippen LogP contribution >= 0.6 is 23.2 Å². The number of fused-ring (bicyclic) bond motifs is 1. The van der Waals surface area contributed by atoms with E-state index < -0.39 is 26.4 Å². The topological polar surface area (TPSA) is 47.0 Å². The number of pyridine rings is 1. The molecule has 1 aromatic heterocycles. The summed E-state index contributed by atoms with van der Waals surface area (Å²) in [5, 5.41) is 1.49. The van der Waals surface area contributed by atoms with Crippen molar-refractivity contribution in [2.75, 3.05) is 0 Å². The second-order valence-corrected chi connectivity index (χ2v) is 9.49. The molecule has 3 nitrogen and oxygen atoms in total. The maximum absolute atomic E-state index is 13.7. The van der Waals surface area contributed by atoms with E-state index in [0.717, 1.165) is 17.7 Å². The molecule has 4 aromatic rings. The molecule has 0 aliphatic heterocycles. The quantitative estimate of drug-likeness (QED) is 0.342. The SMILES string of the molecule is Cc1cc(-c2c(S(=O)(=O)c3cc(F)cc(F)c3)cnc3cc(Cl)ccc23)ccc1Cl. The fraction of sp³-hybridized carbons (Fsp3) is 0.0455. The van der Waals surface area contributed by atoms with Gasteiger partial charge in [0.15, 0.2) is 0 Å². The number of aromatic nitrogens is 1. The van der Waals surface area contributed by atoms with Gasteiger partial charge in [0.2, 0.25) is 9.84 Å². The maximum Gasteiger partial charge on any atom is 0.208 e. The van der Waals surface area contributed by atoms with Crippen LogP contribution in [0.3, 0.4) is 0 Å². The number of sulfone groups is 1.